The number of hydrogen-bond donors (Lipinski definition) is 2. The monoisotopic (exact) mass is 286 g/mol. The van der Waals surface area contributed by atoms with Crippen LogP contribution in [0.2, 0.25) is 0 Å². The van der Waals surface area contributed by atoms with Crippen LogP contribution in [-0.4, -0.2) is 52.1 Å². The molecule has 2 fully saturated rings. The van der Waals surface area contributed by atoms with Crippen LogP contribution in [0.1, 0.15) is 32.6 Å². The first-order chi connectivity index (χ1) is 9.04. The second kappa shape index (κ2) is 6.03. The molecule has 5 nitrogen and oxygen atoms in total. The molecule has 0 bridgehead atoms. The lowest BCUT2D eigenvalue weighted by Gasteiger charge is -2.27. The molecule has 2 rings (SSSR count). The van der Waals surface area contributed by atoms with Gasteiger partial charge in [-0.3, -0.25) is 0 Å². The second-order valence-corrected chi connectivity index (χ2v) is 6.58. The highest BCUT2D eigenvalue weighted by atomic mass is 32.2. The fourth-order valence-electron chi connectivity index (χ4n) is 3.17. The number of rotatable bonds is 3. The van der Waals surface area contributed by atoms with Crippen LogP contribution in [0.25, 0.3) is 0 Å². The van der Waals surface area contributed by atoms with E-state index in [1.54, 1.807) is 11.8 Å². The molecule has 0 aromatic heterocycles. The molecule has 2 amide bonds. The summed E-state index contributed by atoms with van der Waals surface area (Å²) in [7, 11) is 0. The van der Waals surface area contributed by atoms with Gasteiger partial charge in [0, 0.05) is 17.8 Å². The van der Waals surface area contributed by atoms with E-state index in [-0.39, 0.29) is 18.0 Å². The quantitative estimate of drug-likeness (QED) is 0.829. The summed E-state index contributed by atoms with van der Waals surface area (Å²) in [4.78, 5) is 25.0. The van der Waals surface area contributed by atoms with E-state index in [0.717, 1.165) is 25.7 Å². The number of carbonyl (C=O) groups is 2. The van der Waals surface area contributed by atoms with Gasteiger partial charge in [0.2, 0.25) is 0 Å². The van der Waals surface area contributed by atoms with Gasteiger partial charge in [0.25, 0.3) is 0 Å². The number of nitrogens with one attached hydrogen (secondary N) is 1. The molecule has 1 heterocycles. The fraction of sp³-hybridized carbons (Fsp3) is 0.846. The third-order valence-corrected chi connectivity index (χ3v) is 5.45. The van der Waals surface area contributed by atoms with Gasteiger partial charge in [0.15, 0.2) is 0 Å². The minimum absolute atomic E-state index is 0.0307. The highest BCUT2D eigenvalue weighted by Gasteiger charge is 2.40. The summed E-state index contributed by atoms with van der Waals surface area (Å²) in [5.74, 6) is -0.865. The summed E-state index contributed by atoms with van der Waals surface area (Å²) in [5.41, 5.74) is 0. The van der Waals surface area contributed by atoms with Crippen LogP contribution in [0.4, 0.5) is 4.79 Å². The highest BCUT2D eigenvalue weighted by Crippen LogP contribution is 2.29. The molecule has 0 aromatic rings. The molecule has 4 atom stereocenters. The molecule has 1 aliphatic heterocycles. The molecule has 1 saturated heterocycles. The first-order valence-corrected chi connectivity index (χ1v) is 8.16. The van der Waals surface area contributed by atoms with E-state index in [0.29, 0.717) is 11.8 Å². The van der Waals surface area contributed by atoms with Crippen molar-refractivity contribution in [2.24, 2.45) is 5.92 Å². The Morgan fingerprint density at radius 2 is 2.05 bits per heavy atom. The summed E-state index contributed by atoms with van der Waals surface area (Å²) in [5, 5.41) is 12.7. The van der Waals surface area contributed by atoms with E-state index < -0.39 is 12.0 Å². The van der Waals surface area contributed by atoms with Crippen molar-refractivity contribution in [3.8, 4) is 0 Å². The summed E-state index contributed by atoms with van der Waals surface area (Å²) in [6, 6.07) is -0.690. The Balaban J connectivity index is 1.97. The van der Waals surface area contributed by atoms with Crippen molar-refractivity contribution in [1.82, 2.24) is 10.2 Å². The van der Waals surface area contributed by atoms with Gasteiger partial charge in [-0.2, -0.15) is 11.8 Å². The summed E-state index contributed by atoms with van der Waals surface area (Å²) < 4.78 is 0. The van der Waals surface area contributed by atoms with Crippen LogP contribution >= 0.6 is 11.8 Å². The average molecular weight is 286 g/mol. The molecular weight excluding hydrogens is 264 g/mol. The molecular formula is C13H22N2O3S. The van der Waals surface area contributed by atoms with Gasteiger partial charge < -0.3 is 15.3 Å². The van der Waals surface area contributed by atoms with E-state index in [9.17, 15) is 14.7 Å². The standard InChI is InChI=1S/C13H22N2O3S/c1-8-6-7-15(11(8)12(16)17)13(18)14-9-4-3-5-10(9)19-2/h8-11H,3-7H2,1-2H3,(H,14,18)(H,16,17). The van der Waals surface area contributed by atoms with Crippen molar-refractivity contribution in [2.75, 3.05) is 12.8 Å². The third-order valence-electron chi connectivity index (χ3n) is 4.28. The molecule has 2 N–H and O–H groups in total. The predicted octanol–water partition coefficient (Wildman–Crippen LogP) is 1.78. The van der Waals surface area contributed by atoms with E-state index in [2.05, 4.69) is 11.6 Å². The highest BCUT2D eigenvalue weighted by molar-refractivity contribution is 7.99. The van der Waals surface area contributed by atoms with Gasteiger partial charge >= 0.3 is 12.0 Å². The maximum absolute atomic E-state index is 12.3. The van der Waals surface area contributed by atoms with Crippen molar-refractivity contribution in [3.05, 3.63) is 0 Å². The van der Waals surface area contributed by atoms with Crippen molar-refractivity contribution in [1.29, 1.82) is 0 Å². The minimum atomic E-state index is -0.895. The number of nitrogens with zero attached hydrogens (tertiary/aromatic N) is 1. The minimum Gasteiger partial charge on any atom is -0.480 e. The molecule has 2 aliphatic rings. The molecule has 4 unspecified atom stereocenters. The number of hydrogen-bond acceptors (Lipinski definition) is 3. The Hall–Kier alpha value is -0.910. The lowest BCUT2D eigenvalue weighted by atomic mass is 10.0. The Labute approximate surface area is 118 Å². The topological polar surface area (TPSA) is 69.6 Å². The molecule has 6 heteroatoms. The van der Waals surface area contributed by atoms with Crippen molar-refractivity contribution < 1.29 is 14.7 Å². The Kier molecular flexibility index (Phi) is 4.60. The van der Waals surface area contributed by atoms with Crippen molar-refractivity contribution >= 4 is 23.8 Å². The number of amides is 2. The third kappa shape index (κ3) is 2.99. The van der Waals surface area contributed by atoms with E-state index >= 15 is 0 Å². The zero-order valence-electron chi connectivity index (χ0n) is 11.5. The largest absolute Gasteiger partial charge is 0.480 e. The fourth-order valence-corrected chi connectivity index (χ4v) is 4.10. The second-order valence-electron chi connectivity index (χ2n) is 5.50. The molecule has 108 valence electrons. The summed E-state index contributed by atoms with van der Waals surface area (Å²) >= 11 is 1.78. The average Bonchev–Trinajstić information content (AvgIpc) is 2.95. The summed E-state index contributed by atoms with van der Waals surface area (Å²) in [6.07, 6.45) is 6.09. The number of carboxylic acid groups (broad SMARTS) is 1. The maximum Gasteiger partial charge on any atom is 0.326 e. The molecule has 0 aromatic carbocycles. The SMILES string of the molecule is CSC1CCCC1NC(=O)N1CCC(C)C1C(=O)O. The van der Waals surface area contributed by atoms with Crippen LogP contribution in [0.5, 0.6) is 0 Å². The number of carboxylic acids is 1. The van der Waals surface area contributed by atoms with Crippen LogP contribution in [0, 0.1) is 5.92 Å². The number of thioether (sulfide) groups is 1. The predicted molar refractivity (Wildman–Crippen MR) is 75.4 cm³/mol. The molecule has 1 saturated carbocycles. The van der Waals surface area contributed by atoms with Crippen molar-refractivity contribution in [2.45, 2.75) is 49.9 Å². The first kappa shape index (κ1) is 14.5. The normalized spacial score (nSPS) is 34.5. The number of likely N-dealkylation sites (tertiary alicyclic amines) is 1. The van der Waals surface area contributed by atoms with Gasteiger partial charge in [0.05, 0.1) is 0 Å². The van der Waals surface area contributed by atoms with Crippen LogP contribution in [-0.2, 0) is 4.79 Å². The van der Waals surface area contributed by atoms with E-state index in [1.165, 1.54) is 4.90 Å². The smallest absolute Gasteiger partial charge is 0.326 e. The Bertz CT molecular complexity index is 364. The van der Waals surface area contributed by atoms with Gasteiger partial charge in [0.1, 0.15) is 6.04 Å². The van der Waals surface area contributed by atoms with Crippen LogP contribution in [0.3, 0.4) is 0 Å². The molecule has 0 radical (unpaired) electrons. The Morgan fingerprint density at radius 3 is 2.68 bits per heavy atom. The van der Waals surface area contributed by atoms with Gasteiger partial charge in [-0.1, -0.05) is 13.3 Å². The zero-order valence-corrected chi connectivity index (χ0v) is 12.3. The van der Waals surface area contributed by atoms with Gasteiger partial charge in [-0.05, 0) is 31.4 Å². The maximum atomic E-state index is 12.3. The molecule has 19 heavy (non-hydrogen) atoms. The lowest BCUT2D eigenvalue weighted by Crippen LogP contribution is -2.51. The van der Waals surface area contributed by atoms with Crippen LogP contribution in [0.15, 0.2) is 0 Å². The molecule has 1 aliphatic carbocycles. The van der Waals surface area contributed by atoms with Gasteiger partial charge in [-0.15, -0.1) is 0 Å². The Morgan fingerprint density at radius 1 is 1.32 bits per heavy atom. The van der Waals surface area contributed by atoms with E-state index in [4.69, 9.17) is 0 Å². The lowest BCUT2D eigenvalue weighted by molar-refractivity contribution is -0.142. The van der Waals surface area contributed by atoms with Crippen molar-refractivity contribution in [3.63, 3.8) is 0 Å². The number of aliphatic carboxylic acids is 1. The number of carbonyl (C=O) groups excluding carboxylic acids is 1. The summed E-state index contributed by atoms with van der Waals surface area (Å²) in [6.45, 7) is 2.44. The van der Waals surface area contributed by atoms with Crippen LogP contribution < -0.4 is 5.32 Å². The first-order valence-electron chi connectivity index (χ1n) is 6.87. The van der Waals surface area contributed by atoms with Gasteiger partial charge in [-0.25, -0.2) is 9.59 Å². The molecule has 0 spiro atoms. The van der Waals surface area contributed by atoms with E-state index in [1.807, 2.05) is 6.92 Å². The number of urea groups is 1. The zero-order chi connectivity index (χ0) is 14.0.